The molecule has 2 rings (SSSR count). The topological polar surface area (TPSA) is 91.0 Å². The molecule has 1 aromatic carbocycles. The van der Waals surface area contributed by atoms with Crippen LogP contribution in [-0.2, 0) is 0 Å². The molecule has 1 atom stereocenters. The van der Waals surface area contributed by atoms with Gasteiger partial charge in [0.15, 0.2) is 5.78 Å². The maximum atomic E-state index is 13.5. The molecule has 0 bridgehead atoms. The van der Waals surface area contributed by atoms with E-state index in [9.17, 15) is 9.18 Å². The SMILES string of the molecule is CC(=N)/C(=C\NCC1CC1)C/C(=C/C(C)N)Nc1ccc(F)cc1C(C)=O. The molecule has 0 radical (unpaired) electrons. The van der Waals surface area contributed by atoms with E-state index in [4.69, 9.17) is 11.1 Å². The molecule has 0 spiro atoms. The molecule has 1 aliphatic rings. The Morgan fingerprint density at radius 3 is 2.67 bits per heavy atom. The zero-order valence-electron chi connectivity index (χ0n) is 16.2. The quantitative estimate of drug-likeness (QED) is 0.369. The second-order valence-corrected chi connectivity index (χ2v) is 7.25. The number of Topliss-reactive ketones (excluding diaryl/α,β-unsaturated/α-hetero) is 1. The van der Waals surface area contributed by atoms with Gasteiger partial charge in [-0.25, -0.2) is 4.39 Å². The van der Waals surface area contributed by atoms with Crippen molar-refractivity contribution < 1.29 is 9.18 Å². The van der Waals surface area contributed by atoms with Crippen LogP contribution in [0.25, 0.3) is 0 Å². The van der Waals surface area contributed by atoms with Crippen LogP contribution in [0.3, 0.4) is 0 Å². The number of carbonyl (C=O) groups excluding carboxylic acids is 1. The first-order valence-electron chi connectivity index (χ1n) is 9.28. The van der Waals surface area contributed by atoms with E-state index < -0.39 is 5.82 Å². The van der Waals surface area contributed by atoms with Gasteiger partial charge in [-0.2, -0.15) is 0 Å². The number of nitrogens with two attached hydrogens (primary N) is 1. The summed E-state index contributed by atoms with van der Waals surface area (Å²) in [6.07, 6.45) is 6.72. The van der Waals surface area contributed by atoms with Crippen molar-refractivity contribution >= 4 is 17.2 Å². The molecular formula is C21H29FN4O. The highest BCUT2D eigenvalue weighted by molar-refractivity contribution is 6.00. The van der Waals surface area contributed by atoms with Crippen molar-refractivity contribution in [3.8, 4) is 0 Å². The molecule has 1 unspecified atom stereocenters. The van der Waals surface area contributed by atoms with Crippen molar-refractivity contribution in [3.63, 3.8) is 0 Å². The van der Waals surface area contributed by atoms with E-state index in [1.807, 2.05) is 19.2 Å². The summed E-state index contributed by atoms with van der Waals surface area (Å²) in [4.78, 5) is 11.9. The monoisotopic (exact) mass is 372 g/mol. The van der Waals surface area contributed by atoms with E-state index in [0.29, 0.717) is 17.8 Å². The van der Waals surface area contributed by atoms with Crippen LogP contribution in [0, 0.1) is 17.1 Å². The van der Waals surface area contributed by atoms with E-state index in [-0.39, 0.29) is 17.4 Å². The van der Waals surface area contributed by atoms with E-state index in [1.54, 1.807) is 13.0 Å². The lowest BCUT2D eigenvalue weighted by Crippen LogP contribution is -2.17. The third-order valence-corrected chi connectivity index (χ3v) is 4.36. The second-order valence-electron chi connectivity index (χ2n) is 7.25. The highest BCUT2D eigenvalue weighted by Crippen LogP contribution is 2.27. The summed E-state index contributed by atoms with van der Waals surface area (Å²) in [6, 6.07) is 3.88. The third kappa shape index (κ3) is 6.98. The van der Waals surface area contributed by atoms with Crippen molar-refractivity contribution in [2.45, 2.75) is 46.1 Å². The Bertz CT molecular complexity index is 763. The van der Waals surface area contributed by atoms with Gasteiger partial charge in [0.25, 0.3) is 0 Å². The Morgan fingerprint density at radius 1 is 1.41 bits per heavy atom. The minimum atomic E-state index is -0.455. The third-order valence-electron chi connectivity index (χ3n) is 4.36. The molecule has 0 amide bonds. The predicted molar refractivity (Wildman–Crippen MR) is 109 cm³/mol. The Balaban J connectivity index is 2.21. The van der Waals surface area contributed by atoms with Gasteiger partial charge in [0.05, 0.1) is 0 Å². The molecule has 1 fully saturated rings. The van der Waals surface area contributed by atoms with Gasteiger partial charge in [-0.15, -0.1) is 0 Å². The molecule has 1 aromatic rings. The minimum absolute atomic E-state index is 0.208. The summed E-state index contributed by atoms with van der Waals surface area (Å²) in [7, 11) is 0. The van der Waals surface area contributed by atoms with Gasteiger partial charge in [-0.1, -0.05) is 0 Å². The number of ketones is 1. The van der Waals surface area contributed by atoms with E-state index >= 15 is 0 Å². The van der Waals surface area contributed by atoms with Gasteiger partial charge >= 0.3 is 0 Å². The number of halogens is 1. The average Bonchev–Trinajstić information content (AvgIpc) is 3.38. The van der Waals surface area contributed by atoms with Crippen LogP contribution in [0.15, 0.2) is 41.7 Å². The molecule has 5 nitrogen and oxygen atoms in total. The number of hydrogen-bond donors (Lipinski definition) is 4. The summed E-state index contributed by atoms with van der Waals surface area (Å²) in [5.41, 5.74) is 8.82. The lowest BCUT2D eigenvalue weighted by atomic mass is 10.0. The van der Waals surface area contributed by atoms with E-state index in [2.05, 4.69) is 10.6 Å². The number of anilines is 1. The van der Waals surface area contributed by atoms with Crippen molar-refractivity contribution in [2.75, 3.05) is 11.9 Å². The van der Waals surface area contributed by atoms with Crippen molar-refractivity contribution in [2.24, 2.45) is 11.7 Å². The van der Waals surface area contributed by atoms with Gasteiger partial charge in [0.1, 0.15) is 5.82 Å². The molecule has 0 aromatic heterocycles. The van der Waals surface area contributed by atoms with Crippen LogP contribution < -0.4 is 16.4 Å². The summed E-state index contributed by atoms with van der Waals surface area (Å²) < 4.78 is 13.5. The first kappa shape index (κ1) is 20.8. The van der Waals surface area contributed by atoms with Crippen LogP contribution in [0.2, 0.25) is 0 Å². The van der Waals surface area contributed by atoms with Crippen LogP contribution >= 0.6 is 0 Å². The normalized spacial score (nSPS) is 16.0. The number of hydrogen-bond acceptors (Lipinski definition) is 5. The number of carbonyl (C=O) groups is 1. The Kier molecular flexibility index (Phi) is 7.30. The summed E-state index contributed by atoms with van der Waals surface area (Å²) in [6.45, 7) is 5.92. The molecule has 0 heterocycles. The lowest BCUT2D eigenvalue weighted by molar-refractivity contribution is 0.101. The van der Waals surface area contributed by atoms with Gasteiger partial charge in [0, 0.05) is 47.9 Å². The summed E-state index contributed by atoms with van der Waals surface area (Å²) in [5, 5.41) is 14.6. The molecule has 0 aliphatic heterocycles. The standard InChI is InChI=1S/C21H29FN4O/c1-13(23)8-19(9-17(14(2)24)12-25-11-16-4-5-16)26-21-7-6-18(22)10-20(21)15(3)27/h6-8,10,12-13,16,24-26H,4-5,9,11,23H2,1-3H3/b17-12-,19-8-,24-14?. The fraction of sp³-hybridized carbons (Fsp3) is 0.429. The Morgan fingerprint density at radius 2 is 2.11 bits per heavy atom. The lowest BCUT2D eigenvalue weighted by Gasteiger charge is -2.17. The fourth-order valence-corrected chi connectivity index (χ4v) is 2.72. The predicted octanol–water partition coefficient (Wildman–Crippen LogP) is 3.98. The van der Waals surface area contributed by atoms with Crippen LogP contribution in [0.1, 0.15) is 50.4 Å². The molecular weight excluding hydrogens is 343 g/mol. The van der Waals surface area contributed by atoms with E-state index in [0.717, 1.165) is 23.7 Å². The van der Waals surface area contributed by atoms with Crippen LogP contribution in [-0.4, -0.2) is 24.1 Å². The molecule has 0 saturated heterocycles. The molecule has 1 aliphatic carbocycles. The number of nitrogens with one attached hydrogen (secondary N) is 3. The first-order chi connectivity index (χ1) is 12.8. The molecule has 5 N–H and O–H groups in total. The van der Waals surface area contributed by atoms with Gasteiger partial charge in [0.2, 0.25) is 0 Å². The summed E-state index contributed by atoms with van der Waals surface area (Å²) >= 11 is 0. The van der Waals surface area contributed by atoms with Gasteiger partial charge in [-0.3, -0.25) is 4.79 Å². The Labute approximate surface area is 160 Å². The zero-order valence-corrected chi connectivity index (χ0v) is 16.2. The Hall–Kier alpha value is -2.47. The first-order valence-corrected chi connectivity index (χ1v) is 9.28. The minimum Gasteiger partial charge on any atom is -0.390 e. The zero-order chi connectivity index (χ0) is 20.0. The second kappa shape index (κ2) is 9.46. The van der Waals surface area contributed by atoms with E-state index in [1.165, 1.54) is 31.9 Å². The highest BCUT2D eigenvalue weighted by atomic mass is 19.1. The average molecular weight is 372 g/mol. The van der Waals surface area contributed by atoms with Crippen molar-refractivity contribution in [1.82, 2.24) is 5.32 Å². The number of benzene rings is 1. The molecule has 6 heteroatoms. The molecule has 146 valence electrons. The highest BCUT2D eigenvalue weighted by Gasteiger charge is 2.20. The maximum absolute atomic E-state index is 13.5. The fourth-order valence-electron chi connectivity index (χ4n) is 2.72. The van der Waals surface area contributed by atoms with Crippen molar-refractivity contribution in [1.29, 1.82) is 5.41 Å². The molecule has 27 heavy (non-hydrogen) atoms. The maximum Gasteiger partial charge on any atom is 0.161 e. The summed E-state index contributed by atoms with van der Waals surface area (Å²) in [5.74, 6) is 0.0639. The number of rotatable bonds is 10. The van der Waals surface area contributed by atoms with Crippen LogP contribution in [0.4, 0.5) is 10.1 Å². The van der Waals surface area contributed by atoms with Crippen LogP contribution in [0.5, 0.6) is 0 Å². The largest absolute Gasteiger partial charge is 0.390 e. The smallest absolute Gasteiger partial charge is 0.161 e. The van der Waals surface area contributed by atoms with Gasteiger partial charge < -0.3 is 21.8 Å². The molecule has 1 saturated carbocycles. The van der Waals surface area contributed by atoms with Gasteiger partial charge in [-0.05, 0) is 69.4 Å². The number of allylic oxidation sites excluding steroid dienone is 1. The van der Waals surface area contributed by atoms with Crippen molar-refractivity contribution in [3.05, 3.63) is 53.1 Å².